The van der Waals surface area contributed by atoms with E-state index in [1.54, 1.807) is 0 Å². The summed E-state index contributed by atoms with van der Waals surface area (Å²) in [6, 6.07) is 0. The van der Waals surface area contributed by atoms with E-state index in [0.29, 0.717) is 15.3 Å². The quantitative estimate of drug-likeness (QED) is 0.883. The van der Waals surface area contributed by atoms with Gasteiger partial charge in [0.15, 0.2) is 5.13 Å². The summed E-state index contributed by atoms with van der Waals surface area (Å²) < 4.78 is 0. The maximum Gasteiger partial charge on any atom is 0.263 e. The fourth-order valence-corrected chi connectivity index (χ4v) is 3.87. The molecule has 1 unspecified atom stereocenters. The molecular weight excluding hydrogens is 254 g/mol. The first kappa shape index (κ1) is 12.7. The minimum Gasteiger partial charge on any atom is -0.375 e. The van der Waals surface area contributed by atoms with Crippen LogP contribution in [0.15, 0.2) is 0 Å². The van der Waals surface area contributed by atoms with Gasteiger partial charge in [0.05, 0.1) is 5.69 Å². The molecule has 3 N–H and O–H groups in total. The SMILES string of the molecule is Cc1nc(N)sc1C(=O)NCC1CCCCS1. The van der Waals surface area contributed by atoms with Gasteiger partial charge in [0.2, 0.25) is 0 Å². The number of carbonyl (C=O) groups is 1. The zero-order valence-corrected chi connectivity index (χ0v) is 11.5. The van der Waals surface area contributed by atoms with Crippen LogP contribution in [-0.2, 0) is 0 Å². The molecule has 94 valence electrons. The molecule has 1 aromatic rings. The highest BCUT2D eigenvalue weighted by Gasteiger charge is 2.17. The number of aromatic nitrogens is 1. The van der Waals surface area contributed by atoms with Crippen LogP contribution < -0.4 is 11.1 Å². The number of anilines is 1. The van der Waals surface area contributed by atoms with Gasteiger partial charge in [-0.25, -0.2) is 4.98 Å². The molecule has 1 aliphatic rings. The Morgan fingerprint density at radius 2 is 2.41 bits per heavy atom. The lowest BCUT2D eigenvalue weighted by atomic mass is 10.2. The zero-order valence-electron chi connectivity index (χ0n) is 9.86. The van der Waals surface area contributed by atoms with Crippen molar-refractivity contribution in [3.63, 3.8) is 0 Å². The second-order valence-electron chi connectivity index (χ2n) is 4.17. The van der Waals surface area contributed by atoms with Crippen molar-refractivity contribution < 1.29 is 4.79 Å². The Hall–Kier alpha value is -0.750. The highest BCUT2D eigenvalue weighted by molar-refractivity contribution is 7.99. The van der Waals surface area contributed by atoms with Crippen LogP contribution in [0.3, 0.4) is 0 Å². The third kappa shape index (κ3) is 3.35. The number of carbonyl (C=O) groups excluding carboxylic acids is 1. The minimum absolute atomic E-state index is 0.0390. The number of hydrogen-bond acceptors (Lipinski definition) is 5. The van der Waals surface area contributed by atoms with Crippen molar-refractivity contribution in [2.45, 2.75) is 31.4 Å². The van der Waals surface area contributed by atoms with Crippen molar-refractivity contribution >= 4 is 34.1 Å². The van der Waals surface area contributed by atoms with Gasteiger partial charge in [0, 0.05) is 11.8 Å². The van der Waals surface area contributed by atoms with Crippen molar-refractivity contribution in [3.05, 3.63) is 10.6 Å². The van der Waals surface area contributed by atoms with E-state index in [9.17, 15) is 4.79 Å². The van der Waals surface area contributed by atoms with Crippen molar-refractivity contribution in [3.8, 4) is 0 Å². The van der Waals surface area contributed by atoms with Crippen molar-refractivity contribution in [1.82, 2.24) is 10.3 Å². The van der Waals surface area contributed by atoms with Gasteiger partial charge in [-0.1, -0.05) is 17.8 Å². The number of hydrogen-bond donors (Lipinski definition) is 2. The average Bonchev–Trinajstić information content (AvgIpc) is 2.67. The molecule has 1 atom stereocenters. The van der Waals surface area contributed by atoms with E-state index < -0.39 is 0 Å². The summed E-state index contributed by atoms with van der Waals surface area (Å²) in [7, 11) is 0. The fraction of sp³-hybridized carbons (Fsp3) is 0.636. The van der Waals surface area contributed by atoms with E-state index in [1.807, 2.05) is 18.7 Å². The summed E-state index contributed by atoms with van der Waals surface area (Å²) in [4.78, 5) is 16.6. The molecule has 17 heavy (non-hydrogen) atoms. The van der Waals surface area contributed by atoms with Crippen LogP contribution in [0.1, 0.15) is 34.6 Å². The van der Waals surface area contributed by atoms with E-state index >= 15 is 0 Å². The summed E-state index contributed by atoms with van der Waals surface area (Å²) in [5, 5.41) is 4.00. The molecule has 2 heterocycles. The number of nitrogen functional groups attached to an aromatic ring is 1. The van der Waals surface area contributed by atoms with Gasteiger partial charge in [-0.2, -0.15) is 11.8 Å². The van der Waals surface area contributed by atoms with Gasteiger partial charge >= 0.3 is 0 Å². The molecular formula is C11H17N3OS2. The number of thiazole rings is 1. The second-order valence-corrected chi connectivity index (χ2v) is 6.60. The number of nitrogens with zero attached hydrogens (tertiary/aromatic N) is 1. The van der Waals surface area contributed by atoms with Gasteiger partial charge in [0.1, 0.15) is 4.88 Å². The summed E-state index contributed by atoms with van der Waals surface area (Å²) >= 11 is 3.22. The molecule has 0 spiro atoms. The Balaban J connectivity index is 1.86. The van der Waals surface area contributed by atoms with E-state index in [1.165, 1.54) is 36.4 Å². The highest BCUT2D eigenvalue weighted by Crippen LogP contribution is 2.24. The number of amides is 1. The first-order chi connectivity index (χ1) is 8.16. The molecule has 1 aliphatic heterocycles. The van der Waals surface area contributed by atoms with Crippen molar-refractivity contribution in [2.24, 2.45) is 0 Å². The Labute approximate surface area is 109 Å². The van der Waals surface area contributed by atoms with Crippen LogP contribution in [0.2, 0.25) is 0 Å². The third-order valence-corrected chi connectivity index (χ3v) is 5.17. The fourth-order valence-electron chi connectivity index (χ4n) is 1.88. The third-order valence-electron chi connectivity index (χ3n) is 2.78. The van der Waals surface area contributed by atoms with E-state index in [4.69, 9.17) is 5.73 Å². The van der Waals surface area contributed by atoms with Crippen LogP contribution in [0.5, 0.6) is 0 Å². The van der Waals surface area contributed by atoms with Crippen LogP contribution in [-0.4, -0.2) is 28.4 Å². The van der Waals surface area contributed by atoms with Gasteiger partial charge in [0.25, 0.3) is 5.91 Å². The minimum atomic E-state index is -0.0390. The Morgan fingerprint density at radius 3 is 3.00 bits per heavy atom. The predicted octanol–water partition coefficient (Wildman–Crippen LogP) is 2.05. The number of rotatable bonds is 3. The lowest BCUT2D eigenvalue weighted by Gasteiger charge is -2.21. The first-order valence-electron chi connectivity index (χ1n) is 5.79. The summed E-state index contributed by atoms with van der Waals surface area (Å²) in [5.41, 5.74) is 6.30. The summed E-state index contributed by atoms with van der Waals surface area (Å²) in [6.45, 7) is 2.57. The number of thioether (sulfide) groups is 1. The molecule has 1 saturated heterocycles. The van der Waals surface area contributed by atoms with E-state index in [0.717, 1.165) is 12.2 Å². The smallest absolute Gasteiger partial charge is 0.263 e. The van der Waals surface area contributed by atoms with Crippen LogP contribution in [0.4, 0.5) is 5.13 Å². The molecule has 0 saturated carbocycles. The molecule has 0 aliphatic carbocycles. The van der Waals surface area contributed by atoms with Gasteiger partial charge in [-0.05, 0) is 25.5 Å². The Bertz CT molecular complexity index is 399. The molecule has 4 nitrogen and oxygen atoms in total. The van der Waals surface area contributed by atoms with Gasteiger partial charge in [-0.15, -0.1) is 0 Å². The molecule has 6 heteroatoms. The zero-order chi connectivity index (χ0) is 12.3. The first-order valence-corrected chi connectivity index (χ1v) is 7.66. The number of nitrogens with two attached hydrogens (primary N) is 1. The topological polar surface area (TPSA) is 68.0 Å². The standard InChI is InChI=1S/C11H17N3OS2/c1-7-9(17-11(12)14-7)10(15)13-6-8-4-2-3-5-16-8/h8H,2-6H2,1H3,(H2,12,14)(H,13,15). The number of nitrogens with one attached hydrogen (secondary N) is 1. The molecule has 1 aromatic heterocycles. The van der Waals surface area contributed by atoms with Crippen molar-refractivity contribution in [2.75, 3.05) is 18.0 Å². The highest BCUT2D eigenvalue weighted by atomic mass is 32.2. The van der Waals surface area contributed by atoms with Crippen LogP contribution >= 0.6 is 23.1 Å². The van der Waals surface area contributed by atoms with Crippen molar-refractivity contribution in [1.29, 1.82) is 0 Å². The lowest BCUT2D eigenvalue weighted by molar-refractivity contribution is 0.0956. The second kappa shape index (κ2) is 5.73. The maximum absolute atomic E-state index is 11.9. The molecule has 1 amide bonds. The Morgan fingerprint density at radius 1 is 1.59 bits per heavy atom. The predicted molar refractivity (Wildman–Crippen MR) is 73.7 cm³/mol. The Kier molecular flexibility index (Phi) is 4.28. The van der Waals surface area contributed by atoms with Gasteiger partial charge in [-0.3, -0.25) is 4.79 Å². The van der Waals surface area contributed by atoms with Crippen LogP contribution in [0, 0.1) is 6.92 Å². The molecule has 0 aromatic carbocycles. The lowest BCUT2D eigenvalue weighted by Crippen LogP contribution is -2.31. The average molecular weight is 271 g/mol. The molecule has 2 rings (SSSR count). The number of aryl methyl sites for hydroxylation is 1. The molecule has 0 bridgehead atoms. The summed E-state index contributed by atoms with van der Waals surface area (Å²) in [5.74, 6) is 1.18. The normalized spacial score (nSPS) is 20.2. The van der Waals surface area contributed by atoms with E-state index in [2.05, 4.69) is 10.3 Å². The largest absolute Gasteiger partial charge is 0.375 e. The van der Waals surface area contributed by atoms with Crippen LogP contribution in [0.25, 0.3) is 0 Å². The maximum atomic E-state index is 11.9. The van der Waals surface area contributed by atoms with E-state index in [-0.39, 0.29) is 5.91 Å². The molecule has 0 radical (unpaired) electrons. The van der Waals surface area contributed by atoms with Gasteiger partial charge < -0.3 is 11.1 Å². The summed E-state index contributed by atoms with van der Waals surface area (Å²) in [6.07, 6.45) is 3.79. The molecule has 1 fully saturated rings. The monoisotopic (exact) mass is 271 g/mol.